The Morgan fingerprint density at radius 1 is 1.16 bits per heavy atom. The number of nitrogens with zero attached hydrogens (tertiary/aromatic N) is 4. The van der Waals surface area contributed by atoms with Crippen molar-refractivity contribution in [2.24, 2.45) is 0 Å². The van der Waals surface area contributed by atoms with Crippen LogP contribution in [0.5, 0.6) is 17.6 Å². The zero-order valence-electron chi connectivity index (χ0n) is 20.1. The average Bonchev–Trinajstić information content (AvgIpc) is 3.39. The highest BCUT2D eigenvalue weighted by molar-refractivity contribution is 6.29. The van der Waals surface area contributed by atoms with E-state index in [1.165, 1.54) is 10.6 Å². The minimum absolute atomic E-state index is 0.153. The van der Waals surface area contributed by atoms with E-state index in [-0.39, 0.29) is 36.4 Å². The molecule has 2 aromatic heterocycles. The highest BCUT2D eigenvalue weighted by Crippen LogP contribution is 2.65. The lowest BCUT2D eigenvalue weighted by atomic mass is 9.76. The monoisotopic (exact) mass is 518 g/mol. The van der Waals surface area contributed by atoms with Gasteiger partial charge in [0.1, 0.15) is 22.2 Å². The van der Waals surface area contributed by atoms with Gasteiger partial charge in [0.25, 0.3) is 0 Å². The molecule has 10 heteroatoms. The first-order chi connectivity index (χ1) is 17.7. The van der Waals surface area contributed by atoms with Gasteiger partial charge in [-0.3, -0.25) is 4.57 Å². The van der Waals surface area contributed by atoms with Crippen molar-refractivity contribution in [3.63, 3.8) is 0 Å². The van der Waals surface area contributed by atoms with Gasteiger partial charge in [-0.25, -0.2) is 4.98 Å². The summed E-state index contributed by atoms with van der Waals surface area (Å²) < 4.78 is 13.5. The van der Waals surface area contributed by atoms with Gasteiger partial charge in [-0.1, -0.05) is 35.9 Å². The van der Waals surface area contributed by atoms with E-state index in [9.17, 15) is 20.6 Å². The number of aromatic hydroxyl groups is 2. The second-order valence-corrected chi connectivity index (χ2v) is 10.0. The number of fused-ring (bicyclic) bond motifs is 6. The molecule has 0 unspecified atom stereocenters. The summed E-state index contributed by atoms with van der Waals surface area (Å²) in [6, 6.07) is 14.3. The summed E-state index contributed by atoms with van der Waals surface area (Å²) in [5, 5.41) is 45.1. The van der Waals surface area contributed by atoms with Crippen molar-refractivity contribution >= 4 is 22.4 Å². The number of nitriles is 1. The standard InChI is InChI=1S/C27H23ClN4O5/c1-14-30-20(28)11-21(31-14)36-10-9-27-12-19(33)26(2,37-27)22-23(27)25(35)32(24(22)34)18-8-7-15(13-29)16-5-3-4-6-17(16)18/h3-8,11,19,33-35H,9-10,12H2,1-2H3/t19-,26-,27+/m0/s1. The molecular formula is C27H23ClN4O5. The summed E-state index contributed by atoms with van der Waals surface area (Å²) in [7, 11) is 0. The highest BCUT2D eigenvalue weighted by Gasteiger charge is 2.66. The Kier molecular flexibility index (Phi) is 5.14. The van der Waals surface area contributed by atoms with Crippen LogP contribution in [0.4, 0.5) is 0 Å². The normalized spacial score (nSPS) is 23.8. The molecule has 1 fully saturated rings. The first-order valence-corrected chi connectivity index (χ1v) is 12.2. The first-order valence-electron chi connectivity index (χ1n) is 11.8. The van der Waals surface area contributed by atoms with Crippen LogP contribution in [-0.2, 0) is 15.9 Å². The molecule has 2 aliphatic heterocycles. The Bertz CT molecular complexity index is 1610. The van der Waals surface area contributed by atoms with Crippen LogP contribution < -0.4 is 4.74 Å². The van der Waals surface area contributed by atoms with Crippen LogP contribution in [0.2, 0.25) is 5.15 Å². The molecule has 188 valence electrons. The number of halogens is 1. The molecule has 0 radical (unpaired) electrons. The summed E-state index contributed by atoms with van der Waals surface area (Å²) in [6.45, 7) is 3.57. The van der Waals surface area contributed by atoms with Crippen LogP contribution in [0.1, 0.15) is 42.3 Å². The number of aryl methyl sites for hydroxylation is 1. The van der Waals surface area contributed by atoms with E-state index >= 15 is 0 Å². The van der Waals surface area contributed by atoms with Crippen LogP contribution in [0.15, 0.2) is 42.5 Å². The lowest BCUT2D eigenvalue weighted by molar-refractivity contribution is -0.107. The highest BCUT2D eigenvalue weighted by atomic mass is 35.5. The van der Waals surface area contributed by atoms with Crippen LogP contribution in [-0.4, -0.2) is 42.6 Å². The lowest BCUT2D eigenvalue weighted by Gasteiger charge is -2.26. The predicted molar refractivity (Wildman–Crippen MR) is 134 cm³/mol. The van der Waals surface area contributed by atoms with Crippen molar-refractivity contribution in [3.05, 3.63) is 70.1 Å². The van der Waals surface area contributed by atoms with Crippen LogP contribution >= 0.6 is 11.6 Å². The zero-order chi connectivity index (χ0) is 26.1. The third-order valence-electron chi connectivity index (χ3n) is 7.44. The molecule has 3 N–H and O–H groups in total. The molecule has 4 heterocycles. The van der Waals surface area contributed by atoms with Gasteiger partial charge in [-0.2, -0.15) is 10.2 Å². The molecule has 1 saturated heterocycles. The fourth-order valence-corrected chi connectivity index (χ4v) is 6.04. The maximum absolute atomic E-state index is 11.5. The SMILES string of the molecule is Cc1nc(Cl)cc(OCC[C@]23C[C@H](O)[C@](C)(O2)c2c3c(O)n(-c3ccc(C#N)c4ccccc34)c2O)n1. The molecule has 0 aliphatic carbocycles. The number of ether oxygens (including phenoxy) is 2. The number of benzene rings is 2. The molecule has 4 aromatic rings. The van der Waals surface area contributed by atoms with Gasteiger partial charge in [0.15, 0.2) is 0 Å². The number of hydrogen-bond acceptors (Lipinski definition) is 8. The van der Waals surface area contributed by atoms with Crippen LogP contribution in [0.3, 0.4) is 0 Å². The average molecular weight is 519 g/mol. The zero-order valence-corrected chi connectivity index (χ0v) is 20.8. The topological polar surface area (TPSA) is 134 Å². The van der Waals surface area contributed by atoms with Crippen molar-refractivity contribution in [1.82, 2.24) is 14.5 Å². The molecular weight excluding hydrogens is 496 g/mol. The molecule has 2 bridgehead atoms. The lowest BCUT2D eigenvalue weighted by Crippen LogP contribution is -2.33. The van der Waals surface area contributed by atoms with Gasteiger partial charge in [0, 0.05) is 29.7 Å². The Morgan fingerprint density at radius 2 is 1.89 bits per heavy atom. The number of aromatic nitrogens is 3. The fraction of sp³-hybridized carbons (Fsp3) is 0.296. The molecule has 2 aromatic carbocycles. The smallest absolute Gasteiger partial charge is 0.218 e. The van der Waals surface area contributed by atoms with Gasteiger partial charge < -0.3 is 24.8 Å². The summed E-state index contributed by atoms with van der Waals surface area (Å²) >= 11 is 6.01. The second-order valence-electron chi connectivity index (χ2n) is 9.62. The quantitative estimate of drug-likeness (QED) is 0.332. The minimum Gasteiger partial charge on any atom is -0.494 e. The van der Waals surface area contributed by atoms with Crippen LogP contribution in [0, 0.1) is 18.3 Å². The summed E-state index contributed by atoms with van der Waals surface area (Å²) in [5.74, 6) is 0.379. The van der Waals surface area contributed by atoms with Crippen molar-refractivity contribution < 1.29 is 24.8 Å². The third kappa shape index (κ3) is 3.30. The number of aliphatic hydroxyl groups excluding tert-OH is 1. The van der Waals surface area contributed by atoms with E-state index in [4.69, 9.17) is 21.1 Å². The van der Waals surface area contributed by atoms with Gasteiger partial charge in [-0.05, 0) is 26.0 Å². The number of aliphatic hydroxyl groups is 1. The van der Waals surface area contributed by atoms with Crippen molar-refractivity contribution in [3.8, 4) is 29.4 Å². The van der Waals surface area contributed by atoms with E-state index < -0.39 is 17.3 Å². The van der Waals surface area contributed by atoms with Crippen LogP contribution in [0.25, 0.3) is 16.5 Å². The molecule has 2 aliphatic rings. The third-order valence-corrected chi connectivity index (χ3v) is 7.63. The molecule has 3 atom stereocenters. The van der Waals surface area contributed by atoms with Crippen molar-refractivity contribution in [1.29, 1.82) is 5.26 Å². The van der Waals surface area contributed by atoms with E-state index in [1.807, 2.05) is 24.3 Å². The van der Waals surface area contributed by atoms with E-state index in [1.54, 1.807) is 26.0 Å². The Hall–Kier alpha value is -3.84. The minimum atomic E-state index is -1.22. The first kappa shape index (κ1) is 23.6. The number of rotatable bonds is 5. The maximum Gasteiger partial charge on any atom is 0.218 e. The van der Waals surface area contributed by atoms with Gasteiger partial charge in [-0.15, -0.1) is 0 Å². The van der Waals surface area contributed by atoms with Gasteiger partial charge in [0.2, 0.25) is 17.6 Å². The molecule has 0 saturated carbocycles. The maximum atomic E-state index is 11.5. The molecule has 0 amide bonds. The Balaban J connectivity index is 1.44. The predicted octanol–water partition coefficient (Wildman–Crippen LogP) is 4.34. The molecule has 37 heavy (non-hydrogen) atoms. The van der Waals surface area contributed by atoms with Gasteiger partial charge >= 0.3 is 0 Å². The largest absolute Gasteiger partial charge is 0.494 e. The summed E-state index contributed by atoms with van der Waals surface area (Å²) in [5.41, 5.74) is -0.555. The molecule has 9 nitrogen and oxygen atoms in total. The van der Waals surface area contributed by atoms with Gasteiger partial charge in [0.05, 0.1) is 41.2 Å². The van der Waals surface area contributed by atoms with E-state index in [0.717, 1.165) is 0 Å². The fourth-order valence-electron chi connectivity index (χ4n) is 5.82. The van der Waals surface area contributed by atoms with E-state index in [2.05, 4.69) is 16.0 Å². The van der Waals surface area contributed by atoms with Crippen molar-refractivity contribution in [2.45, 2.75) is 44.0 Å². The molecule has 6 rings (SSSR count). The summed E-state index contributed by atoms with van der Waals surface area (Å²) in [4.78, 5) is 8.25. The molecule has 0 spiro atoms. The number of hydrogen-bond donors (Lipinski definition) is 3. The Morgan fingerprint density at radius 3 is 2.62 bits per heavy atom. The van der Waals surface area contributed by atoms with Crippen molar-refractivity contribution in [2.75, 3.05) is 6.61 Å². The Labute approximate surface area is 217 Å². The van der Waals surface area contributed by atoms with E-state index in [0.29, 0.717) is 44.9 Å². The second kappa shape index (κ2) is 8.08. The summed E-state index contributed by atoms with van der Waals surface area (Å²) in [6.07, 6.45) is -0.415.